The maximum Gasteiger partial charge on any atom is 0.273 e. The van der Waals surface area contributed by atoms with Crippen molar-refractivity contribution in [2.24, 2.45) is 0 Å². The molecule has 0 unspecified atom stereocenters. The SMILES string of the molecule is Cc1ccc(S(=O)(=O)Nc2ccc(C(=O)N(C)CCOc3ccccc3)cc2)cc1[N+](=O)[O-]. The van der Waals surface area contributed by atoms with Gasteiger partial charge in [-0.1, -0.05) is 24.3 Å². The molecule has 33 heavy (non-hydrogen) atoms. The number of para-hydroxylation sites is 1. The van der Waals surface area contributed by atoms with Crippen LogP contribution in [0.1, 0.15) is 15.9 Å². The second kappa shape index (κ2) is 10.1. The highest BCUT2D eigenvalue weighted by molar-refractivity contribution is 7.92. The van der Waals surface area contributed by atoms with Crippen LogP contribution in [0.15, 0.2) is 77.7 Å². The molecule has 0 saturated carbocycles. The molecular weight excluding hydrogens is 446 g/mol. The molecule has 0 atom stereocenters. The van der Waals surface area contributed by atoms with Crippen molar-refractivity contribution in [2.45, 2.75) is 11.8 Å². The molecule has 0 aliphatic heterocycles. The number of nitrogens with zero attached hydrogens (tertiary/aromatic N) is 2. The first-order valence-electron chi connectivity index (χ1n) is 9.98. The molecule has 3 aromatic carbocycles. The number of nitro groups is 1. The molecule has 0 spiro atoms. The van der Waals surface area contributed by atoms with E-state index in [1.54, 1.807) is 7.05 Å². The van der Waals surface area contributed by atoms with Crippen LogP contribution in [-0.4, -0.2) is 44.3 Å². The quantitative estimate of drug-likeness (QED) is 0.376. The number of hydrogen-bond donors (Lipinski definition) is 1. The number of aryl methyl sites for hydroxylation is 1. The van der Waals surface area contributed by atoms with Gasteiger partial charge in [0.2, 0.25) is 0 Å². The summed E-state index contributed by atoms with van der Waals surface area (Å²) in [4.78, 5) is 24.4. The van der Waals surface area contributed by atoms with Gasteiger partial charge in [0, 0.05) is 29.9 Å². The molecule has 1 amide bonds. The van der Waals surface area contributed by atoms with Crippen LogP contribution in [0.25, 0.3) is 0 Å². The van der Waals surface area contributed by atoms with Crippen LogP contribution < -0.4 is 9.46 Å². The molecule has 0 heterocycles. The number of carbonyl (C=O) groups is 1. The fraction of sp³-hybridized carbons (Fsp3) is 0.174. The van der Waals surface area contributed by atoms with E-state index in [2.05, 4.69) is 4.72 Å². The number of ether oxygens (including phenoxy) is 1. The standard InChI is InChI=1S/C23H23N3O6S/c1-17-8-13-21(16-22(17)26(28)29)33(30,31)24-19-11-9-18(10-12-19)23(27)25(2)14-15-32-20-6-4-3-5-7-20/h3-13,16,24H,14-15H2,1-2H3. The topological polar surface area (TPSA) is 119 Å². The molecule has 1 N–H and O–H groups in total. The number of anilines is 1. The fourth-order valence-electron chi connectivity index (χ4n) is 2.99. The normalized spacial score (nSPS) is 11.0. The molecule has 0 aromatic heterocycles. The number of benzene rings is 3. The lowest BCUT2D eigenvalue weighted by molar-refractivity contribution is -0.385. The minimum atomic E-state index is -4.04. The van der Waals surface area contributed by atoms with Crippen LogP contribution in [0, 0.1) is 17.0 Å². The van der Waals surface area contributed by atoms with Crippen molar-refractivity contribution in [1.29, 1.82) is 0 Å². The highest BCUT2D eigenvalue weighted by Gasteiger charge is 2.20. The van der Waals surface area contributed by atoms with E-state index in [0.29, 0.717) is 30.0 Å². The molecule has 9 nitrogen and oxygen atoms in total. The zero-order valence-corrected chi connectivity index (χ0v) is 18.9. The Morgan fingerprint density at radius 2 is 1.73 bits per heavy atom. The van der Waals surface area contributed by atoms with Gasteiger partial charge in [-0.2, -0.15) is 0 Å². The summed E-state index contributed by atoms with van der Waals surface area (Å²) in [5.74, 6) is 0.476. The van der Waals surface area contributed by atoms with Crippen LogP contribution in [-0.2, 0) is 10.0 Å². The van der Waals surface area contributed by atoms with E-state index in [9.17, 15) is 23.3 Å². The zero-order chi connectivity index (χ0) is 24.0. The molecule has 10 heteroatoms. The molecule has 0 saturated heterocycles. The Balaban J connectivity index is 1.62. The minimum absolute atomic E-state index is 0.224. The minimum Gasteiger partial charge on any atom is -0.492 e. The van der Waals surface area contributed by atoms with Gasteiger partial charge in [-0.25, -0.2) is 8.42 Å². The molecule has 0 fully saturated rings. The molecule has 3 rings (SSSR count). The maximum absolute atomic E-state index is 12.6. The van der Waals surface area contributed by atoms with E-state index in [0.717, 1.165) is 6.07 Å². The Kier molecular flexibility index (Phi) is 7.29. The number of rotatable bonds is 9. The van der Waals surface area contributed by atoms with Crippen LogP contribution in [0.4, 0.5) is 11.4 Å². The van der Waals surface area contributed by atoms with Crippen LogP contribution in [0.2, 0.25) is 0 Å². The van der Waals surface area contributed by atoms with Crippen LogP contribution >= 0.6 is 0 Å². The predicted octanol–water partition coefficient (Wildman–Crippen LogP) is 3.86. The summed E-state index contributed by atoms with van der Waals surface area (Å²) in [5.41, 5.74) is 0.689. The van der Waals surface area contributed by atoms with E-state index < -0.39 is 14.9 Å². The van der Waals surface area contributed by atoms with E-state index >= 15 is 0 Å². The monoisotopic (exact) mass is 469 g/mol. The number of nitrogens with one attached hydrogen (secondary N) is 1. The average Bonchev–Trinajstić information content (AvgIpc) is 2.79. The Hall–Kier alpha value is -3.92. The van der Waals surface area contributed by atoms with E-state index in [4.69, 9.17) is 4.74 Å². The third kappa shape index (κ3) is 6.07. The summed E-state index contributed by atoms with van der Waals surface area (Å²) in [7, 11) is -2.39. The number of carbonyl (C=O) groups excluding carboxylic acids is 1. The van der Waals surface area contributed by atoms with Gasteiger partial charge in [0.1, 0.15) is 12.4 Å². The largest absolute Gasteiger partial charge is 0.492 e. The lowest BCUT2D eigenvalue weighted by atomic mass is 10.2. The fourth-order valence-corrected chi connectivity index (χ4v) is 4.07. The third-order valence-electron chi connectivity index (χ3n) is 4.86. The first kappa shape index (κ1) is 23.7. The van der Waals surface area contributed by atoms with Gasteiger partial charge >= 0.3 is 0 Å². The predicted molar refractivity (Wildman–Crippen MR) is 124 cm³/mol. The molecule has 0 aliphatic rings. The number of likely N-dealkylation sites (N-methyl/N-ethyl adjacent to an activating group) is 1. The van der Waals surface area contributed by atoms with Crippen molar-refractivity contribution in [3.8, 4) is 5.75 Å². The lowest BCUT2D eigenvalue weighted by Gasteiger charge is -2.18. The maximum atomic E-state index is 12.6. The highest BCUT2D eigenvalue weighted by atomic mass is 32.2. The summed E-state index contributed by atoms with van der Waals surface area (Å²) in [6.45, 7) is 2.23. The number of hydrogen-bond acceptors (Lipinski definition) is 6. The summed E-state index contributed by atoms with van der Waals surface area (Å²) in [5, 5.41) is 11.1. The first-order chi connectivity index (χ1) is 15.7. The second-order valence-electron chi connectivity index (χ2n) is 7.28. The van der Waals surface area contributed by atoms with Gasteiger partial charge in [0.25, 0.3) is 21.6 Å². The second-order valence-corrected chi connectivity index (χ2v) is 8.96. The van der Waals surface area contributed by atoms with Gasteiger partial charge in [0.15, 0.2) is 0 Å². The Morgan fingerprint density at radius 3 is 2.36 bits per heavy atom. The lowest BCUT2D eigenvalue weighted by Crippen LogP contribution is -2.30. The van der Waals surface area contributed by atoms with E-state index in [1.807, 2.05) is 30.3 Å². The average molecular weight is 470 g/mol. The van der Waals surface area contributed by atoms with Gasteiger partial charge < -0.3 is 9.64 Å². The third-order valence-corrected chi connectivity index (χ3v) is 6.24. The summed E-state index contributed by atoms with van der Waals surface area (Å²) in [6, 6.07) is 18.9. The molecular formula is C23H23N3O6S. The van der Waals surface area contributed by atoms with Crippen molar-refractivity contribution >= 4 is 27.3 Å². The number of nitro benzene ring substituents is 1. The van der Waals surface area contributed by atoms with Crippen molar-refractivity contribution in [2.75, 3.05) is 24.9 Å². The molecule has 3 aromatic rings. The van der Waals surface area contributed by atoms with Gasteiger partial charge in [-0.05, 0) is 49.4 Å². The molecule has 172 valence electrons. The van der Waals surface area contributed by atoms with Crippen LogP contribution in [0.5, 0.6) is 5.75 Å². The molecule has 0 bridgehead atoms. The van der Waals surface area contributed by atoms with Crippen molar-refractivity contribution in [1.82, 2.24) is 4.90 Å². The van der Waals surface area contributed by atoms with Crippen molar-refractivity contribution in [3.63, 3.8) is 0 Å². The smallest absolute Gasteiger partial charge is 0.273 e. The first-order valence-corrected chi connectivity index (χ1v) is 11.5. The zero-order valence-electron chi connectivity index (χ0n) is 18.1. The van der Waals surface area contributed by atoms with Gasteiger partial charge in [-0.15, -0.1) is 0 Å². The Bertz CT molecular complexity index is 1240. The summed E-state index contributed by atoms with van der Waals surface area (Å²) in [6.07, 6.45) is 0. The Labute approximate surface area is 191 Å². The number of sulfonamides is 1. The summed E-state index contributed by atoms with van der Waals surface area (Å²) < 4.78 is 33.2. The van der Waals surface area contributed by atoms with Crippen LogP contribution in [0.3, 0.4) is 0 Å². The molecule has 0 radical (unpaired) electrons. The highest BCUT2D eigenvalue weighted by Crippen LogP contribution is 2.24. The Morgan fingerprint density at radius 1 is 1.06 bits per heavy atom. The van der Waals surface area contributed by atoms with Crippen molar-refractivity contribution in [3.05, 3.63) is 94.0 Å². The van der Waals surface area contributed by atoms with E-state index in [-0.39, 0.29) is 22.2 Å². The van der Waals surface area contributed by atoms with Gasteiger partial charge in [0.05, 0.1) is 16.4 Å². The van der Waals surface area contributed by atoms with Crippen molar-refractivity contribution < 1.29 is 22.9 Å². The van der Waals surface area contributed by atoms with E-state index in [1.165, 1.54) is 48.2 Å². The van der Waals surface area contributed by atoms with Gasteiger partial charge in [-0.3, -0.25) is 19.6 Å². The molecule has 0 aliphatic carbocycles. The number of amides is 1. The summed E-state index contributed by atoms with van der Waals surface area (Å²) >= 11 is 0.